The summed E-state index contributed by atoms with van der Waals surface area (Å²) >= 11 is 0. The molecular weight excluding hydrogens is 302 g/mol. The first-order valence-corrected chi connectivity index (χ1v) is 9.11. The van der Waals surface area contributed by atoms with Gasteiger partial charge in [0.1, 0.15) is 11.3 Å². The van der Waals surface area contributed by atoms with Crippen molar-refractivity contribution >= 4 is 11.0 Å². The van der Waals surface area contributed by atoms with Crippen LogP contribution in [0.3, 0.4) is 0 Å². The first-order chi connectivity index (χ1) is 11.6. The molecule has 0 spiro atoms. The normalized spacial score (nSPS) is 19.1. The van der Waals surface area contributed by atoms with E-state index in [1.807, 2.05) is 13.0 Å². The van der Waals surface area contributed by atoms with Gasteiger partial charge in [0.25, 0.3) is 0 Å². The van der Waals surface area contributed by atoms with Crippen molar-refractivity contribution in [2.24, 2.45) is 5.92 Å². The minimum Gasteiger partial charge on any atom is -0.508 e. The maximum atomic E-state index is 12.0. The molecule has 0 radical (unpaired) electrons. The fourth-order valence-corrected chi connectivity index (χ4v) is 3.78. The van der Waals surface area contributed by atoms with E-state index in [0.717, 1.165) is 35.4 Å². The Balaban J connectivity index is 1.75. The molecule has 0 saturated heterocycles. The summed E-state index contributed by atoms with van der Waals surface area (Å²) in [6, 6.07) is 6.43. The Hall–Kier alpha value is -1.81. The Kier molecular flexibility index (Phi) is 3.87. The van der Waals surface area contributed by atoms with Crippen LogP contribution in [0.15, 0.2) is 27.4 Å². The van der Waals surface area contributed by atoms with Gasteiger partial charge in [-0.05, 0) is 62.1 Å². The molecule has 128 valence electrons. The van der Waals surface area contributed by atoms with Crippen molar-refractivity contribution in [1.29, 1.82) is 0 Å². The summed E-state index contributed by atoms with van der Waals surface area (Å²) in [5.74, 6) is 1.02. The quantitative estimate of drug-likeness (QED) is 0.820. The van der Waals surface area contributed by atoms with Crippen molar-refractivity contribution < 1.29 is 9.52 Å². The minimum atomic E-state index is -0.337. The third-order valence-corrected chi connectivity index (χ3v) is 5.61. The molecule has 0 bridgehead atoms. The molecule has 4 nitrogen and oxygen atoms in total. The van der Waals surface area contributed by atoms with Crippen molar-refractivity contribution in [2.45, 2.75) is 64.6 Å². The molecule has 1 N–H and O–H groups in total. The van der Waals surface area contributed by atoms with Crippen molar-refractivity contribution in [3.05, 3.63) is 39.7 Å². The van der Waals surface area contributed by atoms with Crippen molar-refractivity contribution in [3.63, 3.8) is 0 Å². The number of phenols is 1. The van der Waals surface area contributed by atoms with E-state index < -0.39 is 0 Å². The van der Waals surface area contributed by atoms with E-state index in [1.54, 1.807) is 12.1 Å². The maximum Gasteiger partial charge on any atom is 0.336 e. The average Bonchev–Trinajstić information content (AvgIpc) is 3.43. The molecule has 1 unspecified atom stereocenters. The van der Waals surface area contributed by atoms with Crippen LogP contribution in [0.4, 0.5) is 0 Å². The Bertz CT molecular complexity index is 817. The maximum absolute atomic E-state index is 12.0. The first-order valence-electron chi connectivity index (χ1n) is 9.11. The van der Waals surface area contributed by atoms with Gasteiger partial charge in [-0.3, -0.25) is 4.90 Å². The average molecular weight is 327 g/mol. The van der Waals surface area contributed by atoms with E-state index in [9.17, 15) is 9.90 Å². The number of aryl methyl sites for hydroxylation is 1. The van der Waals surface area contributed by atoms with Gasteiger partial charge in [0.15, 0.2) is 0 Å². The van der Waals surface area contributed by atoms with Crippen LogP contribution in [-0.4, -0.2) is 22.1 Å². The zero-order valence-electron chi connectivity index (χ0n) is 14.4. The SMILES string of the molecule is CCc1cc2c(CN(C3CC3)C(C)C3CC3)cc(=O)oc2cc1O. The van der Waals surface area contributed by atoms with Gasteiger partial charge in [0.2, 0.25) is 0 Å². The van der Waals surface area contributed by atoms with Crippen LogP contribution in [0, 0.1) is 5.92 Å². The van der Waals surface area contributed by atoms with E-state index >= 15 is 0 Å². The van der Waals surface area contributed by atoms with Crippen LogP contribution in [0.2, 0.25) is 0 Å². The monoisotopic (exact) mass is 327 g/mol. The number of fused-ring (bicyclic) bond motifs is 1. The Morgan fingerprint density at radius 2 is 1.96 bits per heavy atom. The van der Waals surface area contributed by atoms with E-state index in [1.165, 1.54) is 25.7 Å². The molecule has 1 heterocycles. The number of aromatic hydroxyl groups is 1. The predicted octanol–water partition coefficient (Wildman–Crippen LogP) is 3.82. The highest BCUT2D eigenvalue weighted by molar-refractivity contribution is 5.82. The third-order valence-electron chi connectivity index (χ3n) is 5.61. The second-order valence-electron chi connectivity index (χ2n) is 7.40. The fraction of sp³-hybridized carbons (Fsp3) is 0.550. The smallest absolute Gasteiger partial charge is 0.336 e. The highest BCUT2D eigenvalue weighted by atomic mass is 16.4. The standard InChI is InChI=1S/C20H25NO3/c1-3-13-8-17-15(9-20(23)24-19(17)10-18(13)22)11-21(16-6-7-16)12(2)14-4-5-14/h8-10,12,14,16,22H,3-7,11H2,1-2H3. The summed E-state index contributed by atoms with van der Waals surface area (Å²) in [7, 11) is 0. The molecule has 1 aromatic carbocycles. The summed E-state index contributed by atoms with van der Waals surface area (Å²) in [5.41, 5.74) is 2.07. The summed E-state index contributed by atoms with van der Waals surface area (Å²) in [5, 5.41) is 11.0. The molecule has 1 aromatic heterocycles. The summed E-state index contributed by atoms with van der Waals surface area (Å²) in [6.07, 6.45) is 5.94. The van der Waals surface area contributed by atoms with Gasteiger partial charge in [0.05, 0.1) is 0 Å². The minimum absolute atomic E-state index is 0.204. The number of hydrogen-bond donors (Lipinski definition) is 1. The highest BCUT2D eigenvalue weighted by Crippen LogP contribution is 2.41. The lowest BCUT2D eigenvalue weighted by Crippen LogP contribution is -2.36. The molecule has 1 atom stereocenters. The molecule has 2 aliphatic carbocycles. The summed E-state index contributed by atoms with van der Waals surface area (Å²) < 4.78 is 5.33. The lowest BCUT2D eigenvalue weighted by Gasteiger charge is -2.29. The zero-order valence-corrected chi connectivity index (χ0v) is 14.4. The molecule has 2 fully saturated rings. The Labute approximate surface area is 142 Å². The zero-order chi connectivity index (χ0) is 16.8. The van der Waals surface area contributed by atoms with Crippen LogP contribution in [0.1, 0.15) is 50.7 Å². The van der Waals surface area contributed by atoms with Gasteiger partial charge in [-0.1, -0.05) is 6.92 Å². The lowest BCUT2D eigenvalue weighted by molar-refractivity contribution is 0.171. The molecule has 2 saturated carbocycles. The van der Waals surface area contributed by atoms with Gasteiger partial charge in [0, 0.05) is 36.1 Å². The van der Waals surface area contributed by atoms with Crippen molar-refractivity contribution in [2.75, 3.05) is 0 Å². The number of rotatable bonds is 6. The van der Waals surface area contributed by atoms with Gasteiger partial charge < -0.3 is 9.52 Å². The van der Waals surface area contributed by atoms with Gasteiger partial charge in [-0.15, -0.1) is 0 Å². The van der Waals surface area contributed by atoms with Crippen LogP contribution >= 0.6 is 0 Å². The van der Waals surface area contributed by atoms with Gasteiger partial charge in [-0.25, -0.2) is 4.79 Å². The summed E-state index contributed by atoms with van der Waals surface area (Å²) in [4.78, 5) is 14.6. The van der Waals surface area contributed by atoms with Crippen LogP contribution < -0.4 is 5.63 Å². The highest BCUT2D eigenvalue weighted by Gasteiger charge is 2.39. The molecule has 2 aliphatic rings. The summed E-state index contributed by atoms with van der Waals surface area (Å²) in [6.45, 7) is 5.14. The van der Waals surface area contributed by atoms with Crippen molar-refractivity contribution in [3.8, 4) is 5.75 Å². The Morgan fingerprint density at radius 1 is 1.21 bits per heavy atom. The predicted molar refractivity (Wildman–Crippen MR) is 94.3 cm³/mol. The molecule has 0 amide bonds. The second-order valence-corrected chi connectivity index (χ2v) is 7.40. The van der Waals surface area contributed by atoms with E-state index in [0.29, 0.717) is 17.7 Å². The van der Waals surface area contributed by atoms with Crippen molar-refractivity contribution in [1.82, 2.24) is 4.90 Å². The van der Waals surface area contributed by atoms with E-state index in [-0.39, 0.29) is 11.4 Å². The lowest BCUT2D eigenvalue weighted by atomic mass is 10.0. The Morgan fingerprint density at radius 3 is 2.58 bits per heavy atom. The molecule has 2 aromatic rings. The number of phenolic OH excluding ortho intramolecular Hbond substituents is 1. The number of hydrogen-bond acceptors (Lipinski definition) is 4. The largest absolute Gasteiger partial charge is 0.508 e. The second kappa shape index (κ2) is 5.92. The van der Waals surface area contributed by atoms with E-state index in [4.69, 9.17) is 4.42 Å². The third kappa shape index (κ3) is 2.95. The van der Waals surface area contributed by atoms with E-state index in [2.05, 4.69) is 11.8 Å². The van der Waals surface area contributed by atoms with Crippen LogP contribution in [-0.2, 0) is 13.0 Å². The molecule has 24 heavy (non-hydrogen) atoms. The molecule has 4 heteroatoms. The number of nitrogens with zero attached hydrogens (tertiary/aromatic N) is 1. The first kappa shape index (κ1) is 15.7. The van der Waals surface area contributed by atoms with Crippen LogP contribution in [0.25, 0.3) is 11.0 Å². The van der Waals surface area contributed by atoms with Gasteiger partial charge in [-0.2, -0.15) is 0 Å². The number of benzene rings is 1. The van der Waals surface area contributed by atoms with Crippen LogP contribution in [0.5, 0.6) is 5.75 Å². The molecule has 4 rings (SSSR count). The molecular formula is C20H25NO3. The fourth-order valence-electron chi connectivity index (χ4n) is 3.78. The molecule has 0 aliphatic heterocycles. The van der Waals surface area contributed by atoms with Gasteiger partial charge >= 0.3 is 5.63 Å². The topological polar surface area (TPSA) is 53.7 Å².